The topological polar surface area (TPSA) is 71.1 Å². The fourth-order valence-corrected chi connectivity index (χ4v) is 4.21. The Balaban J connectivity index is 1.25. The number of carbonyl (C=O) groups excluding carboxylic acids is 2. The van der Waals surface area contributed by atoms with Gasteiger partial charge in [-0.3, -0.25) is 9.59 Å². The summed E-state index contributed by atoms with van der Waals surface area (Å²) >= 11 is 0. The van der Waals surface area contributed by atoms with Gasteiger partial charge in [-0.15, -0.1) is 0 Å². The Bertz CT molecular complexity index is 937. The molecule has 2 aromatic rings. The Hall–Kier alpha value is -3.22. The Labute approximate surface area is 195 Å². The minimum absolute atomic E-state index is 0.0730. The highest BCUT2D eigenvalue weighted by molar-refractivity contribution is 5.91. The first-order chi connectivity index (χ1) is 16.1. The van der Waals surface area contributed by atoms with Crippen molar-refractivity contribution < 1.29 is 19.1 Å². The molecule has 0 aromatic heterocycles. The third-order valence-electron chi connectivity index (χ3n) is 6.18. The van der Waals surface area contributed by atoms with Crippen LogP contribution in [-0.4, -0.2) is 56.1 Å². The lowest BCUT2D eigenvalue weighted by Crippen LogP contribution is -2.38. The Morgan fingerprint density at radius 1 is 1.00 bits per heavy atom. The molecule has 7 nitrogen and oxygen atoms in total. The summed E-state index contributed by atoms with van der Waals surface area (Å²) in [5, 5.41) is 2.96. The summed E-state index contributed by atoms with van der Waals surface area (Å²) in [6.07, 6.45) is 5.97. The van der Waals surface area contributed by atoms with Gasteiger partial charge in [0.1, 0.15) is 0 Å². The quantitative estimate of drug-likeness (QED) is 0.589. The van der Waals surface area contributed by atoms with E-state index >= 15 is 0 Å². The molecule has 2 aromatic carbocycles. The number of piperidine rings is 1. The van der Waals surface area contributed by atoms with Crippen LogP contribution in [0, 0.1) is 0 Å². The molecule has 2 amide bonds. The smallest absolute Gasteiger partial charge is 0.260 e. The van der Waals surface area contributed by atoms with E-state index in [0.29, 0.717) is 18.0 Å². The van der Waals surface area contributed by atoms with Crippen LogP contribution >= 0.6 is 0 Å². The van der Waals surface area contributed by atoms with Crippen LogP contribution in [0.4, 0.5) is 11.4 Å². The molecule has 0 bridgehead atoms. The van der Waals surface area contributed by atoms with Crippen molar-refractivity contribution >= 4 is 23.2 Å². The van der Waals surface area contributed by atoms with E-state index in [-0.39, 0.29) is 30.9 Å². The monoisotopic (exact) mass is 451 g/mol. The lowest BCUT2D eigenvalue weighted by atomic mass is 10.1. The summed E-state index contributed by atoms with van der Waals surface area (Å²) in [6.45, 7) is 2.50. The van der Waals surface area contributed by atoms with Crippen molar-refractivity contribution in [2.75, 3.05) is 43.6 Å². The van der Waals surface area contributed by atoms with E-state index in [1.807, 2.05) is 24.3 Å². The van der Waals surface area contributed by atoms with Crippen molar-refractivity contribution in [1.29, 1.82) is 0 Å². The molecule has 1 saturated carbocycles. The van der Waals surface area contributed by atoms with Gasteiger partial charge in [0.2, 0.25) is 5.91 Å². The number of hydrogen-bond donors (Lipinski definition) is 1. The molecule has 1 aliphatic carbocycles. The van der Waals surface area contributed by atoms with E-state index in [1.165, 1.54) is 24.9 Å². The fourth-order valence-electron chi connectivity index (χ4n) is 4.21. The molecule has 2 aliphatic rings. The zero-order chi connectivity index (χ0) is 23.0. The minimum Gasteiger partial charge on any atom is -0.493 e. The summed E-state index contributed by atoms with van der Waals surface area (Å²) in [6, 6.07) is 15.5. The van der Waals surface area contributed by atoms with Crippen molar-refractivity contribution in [2.45, 2.75) is 44.6 Å². The van der Waals surface area contributed by atoms with Crippen LogP contribution in [0.3, 0.4) is 0 Å². The number of nitrogens with one attached hydrogen (secondary N) is 1. The maximum atomic E-state index is 12.8. The van der Waals surface area contributed by atoms with E-state index in [1.54, 1.807) is 24.1 Å². The van der Waals surface area contributed by atoms with Crippen LogP contribution in [0.25, 0.3) is 0 Å². The number of hydrogen-bond acceptors (Lipinski definition) is 5. The van der Waals surface area contributed by atoms with Gasteiger partial charge in [-0.05, 0) is 68.5 Å². The summed E-state index contributed by atoms with van der Waals surface area (Å²) in [7, 11) is 1.57. The average molecular weight is 452 g/mol. The average Bonchev–Trinajstić information content (AvgIpc) is 3.69. The molecule has 33 heavy (non-hydrogen) atoms. The third kappa shape index (κ3) is 6.40. The van der Waals surface area contributed by atoms with Gasteiger partial charge in [0, 0.05) is 43.5 Å². The van der Waals surface area contributed by atoms with E-state index < -0.39 is 0 Å². The second-order valence-electron chi connectivity index (χ2n) is 8.65. The molecule has 2 fully saturated rings. The lowest BCUT2D eigenvalue weighted by Gasteiger charge is -2.28. The van der Waals surface area contributed by atoms with Crippen LogP contribution < -0.4 is 19.7 Å². The van der Waals surface area contributed by atoms with Crippen molar-refractivity contribution in [3.8, 4) is 11.5 Å². The highest BCUT2D eigenvalue weighted by Gasteiger charge is 2.32. The second kappa shape index (κ2) is 11.1. The fraction of sp³-hybridized carbons (Fsp3) is 0.462. The third-order valence-corrected chi connectivity index (χ3v) is 6.18. The molecule has 7 heteroatoms. The van der Waals surface area contributed by atoms with Gasteiger partial charge in [-0.2, -0.15) is 0 Å². The van der Waals surface area contributed by atoms with Crippen molar-refractivity contribution in [1.82, 2.24) is 4.90 Å². The number of para-hydroxylation sites is 2. The molecular formula is C26H33N3O4. The van der Waals surface area contributed by atoms with Crippen LogP contribution in [0.2, 0.25) is 0 Å². The van der Waals surface area contributed by atoms with Gasteiger partial charge >= 0.3 is 0 Å². The Kier molecular flexibility index (Phi) is 7.70. The number of anilines is 2. The summed E-state index contributed by atoms with van der Waals surface area (Å²) in [5.41, 5.74) is 1.98. The van der Waals surface area contributed by atoms with Crippen molar-refractivity contribution in [3.05, 3.63) is 48.5 Å². The molecule has 0 atom stereocenters. The summed E-state index contributed by atoms with van der Waals surface area (Å²) in [4.78, 5) is 29.5. The van der Waals surface area contributed by atoms with Gasteiger partial charge < -0.3 is 24.6 Å². The lowest BCUT2D eigenvalue weighted by molar-refractivity contribution is -0.134. The number of ether oxygens (including phenoxy) is 2. The van der Waals surface area contributed by atoms with Crippen molar-refractivity contribution in [3.63, 3.8) is 0 Å². The van der Waals surface area contributed by atoms with E-state index in [2.05, 4.69) is 22.3 Å². The number of methoxy groups -OCH3 is 1. The number of benzene rings is 2. The van der Waals surface area contributed by atoms with Gasteiger partial charge in [-0.1, -0.05) is 12.1 Å². The predicted octanol–water partition coefficient (Wildman–Crippen LogP) is 4.08. The maximum Gasteiger partial charge on any atom is 0.260 e. The molecule has 176 valence electrons. The molecule has 1 saturated heterocycles. The first-order valence-electron chi connectivity index (χ1n) is 11.8. The van der Waals surface area contributed by atoms with E-state index in [0.717, 1.165) is 31.6 Å². The number of carbonyl (C=O) groups is 2. The number of amides is 2. The predicted molar refractivity (Wildman–Crippen MR) is 129 cm³/mol. The zero-order valence-electron chi connectivity index (χ0n) is 19.3. The first kappa shape index (κ1) is 23.0. The van der Waals surface area contributed by atoms with Gasteiger partial charge in [0.05, 0.1) is 7.11 Å². The summed E-state index contributed by atoms with van der Waals surface area (Å²) < 4.78 is 11.0. The van der Waals surface area contributed by atoms with Crippen LogP contribution in [0.1, 0.15) is 38.5 Å². The molecule has 0 spiro atoms. The summed E-state index contributed by atoms with van der Waals surface area (Å²) in [5.74, 6) is 0.927. The van der Waals surface area contributed by atoms with Crippen LogP contribution in [0.15, 0.2) is 48.5 Å². The SMILES string of the molecule is COc1ccccc1OCC(=O)N(CCC(=O)Nc1ccc(N2CCCCC2)cc1)C1CC1. The molecular weight excluding hydrogens is 418 g/mol. The van der Waals surface area contributed by atoms with Crippen LogP contribution in [-0.2, 0) is 9.59 Å². The van der Waals surface area contributed by atoms with Gasteiger partial charge in [0.15, 0.2) is 18.1 Å². The second-order valence-corrected chi connectivity index (χ2v) is 8.65. The Morgan fingerprint density at radius 2 is 1.70 bits per heavy atom. The van der Waals surface area contributed by atoms with Gasteiger partial charge in [0.25, 0.3) is 5.91 Å². The highest BCUT2D eigenvalue weighted by atomic mass is 16.5. The van der Waals surface area contributed by atoms with Crippen molar-refractivity contribution in [2.24, 2.45) is 0 Å². The Morgan fingerprint density at radius 3 is 2.36 bits per heavy atom. The normalized spacial score (nSPS) is 15.6. The molecule has 4 rings (SSSR count). The molecule has 1 N–H and O–H groups in total. The molecule has 1 heterocycles. The zero-order valence-corrected chi connectivity index (χ0v) is 19.3. The standard InChI is InChI=1S/C26H33N3O4/c1-32-23-7-3-4-8-24(23)33-19-26(31)29(22-13-14-22)18-15-25(30)27-20-9-11-21(12-10-20)28-16-5-2-6-17-28/h3-4,7-12,22H,2,5-6,13-19H2,1H3,(H,27,30). The first-order valence-corrected chi connectivity index (χ1v) is 11.8. The van der Waals surface area contributed by atoms with E-state index in [9.17, 15) is 9.59 Å². The highest BCUT2D eigenvalue weighted by Crippen LogP contribution is 2.29. The maximum absolute atomic E-state index is 12.8. The minimum atomic E-state index is -0.109. The van der Waals surface area contributed by atoms with Gasteiger partial charge in [-0.25, -0.2) is 0 Å². The number of nitrogens with zero attached hydrogens (tertiary/aromatic N) is 2. The largest absolute Gasteiger partial charge is 0.493 e. The molecule has 1 aliphatic heterocycles. The number of rotatable bonds is 10. The van der Waals surface area contributed by atoms with Crippen LogP contribution in [0.5, 0.6) is 11.5 Å². The molecule has 0 unspecified atom stereocenters. The molecule has 0 radical (unpaired) electrons. The van der Waals surface area contributed by atoms with E-state index in [4.69, 9.17) is 9.47 Å².